The predicted octanol–water partition coefficient (Wildman–Crippen LogP) is 4.13. The normalized spacial score (nSPS) is 15.2. The summed E-state index contributed by atoms with van der Waals surface area (Å²) in [6.45, 7) is 3.56. The van der Waals surface area contributed by atoms with Gasteiger partial charge in [0.2, 0.25) is 12.2 Å². The SMILES string of the molecule is CC(OC(=O)NC(c1ccccc1)C(O)(P=O)C(Cc1ccc(-c2ccsc2)cc1)C(=O)NC(CO)C(=O)O)OC(=O)C(C)C. The van der Waals surface area contributed by atoms with Crippen molar-refractivity contribution in [2.75, 3.05) is 6.61 Å². The van der Waals surface area contributed by atoms with Gasteiger partial charge in [-0.3, -0.25) is 14.2 Å². The molecule has 5 atom stereocenters. The van der Waals surface area contributed by atoms with Crippen molar-refractivity contribution in [2.45, 2.75) is 50.9 Å². The Morgan fingerprint density at radius 2 is 1.60 bits per heavy atom. The van der Waals surface area contributed by atoms with Crippen LogP contribution in [0.25, 0.3) is 11.1 Å². The van der Waals surface area contributed by atoms with Crippen molar-refractivity contribution in [2.24, 2.45) is 11.8 Å². The van der Waals surface area contributed by atoms with Crippen LogP contribution in [0.1, 0.15) is 37.9 Å². The Labute approximate surface area is 265 Å². The van der Waals surface area contributed by atoms with Crippen LogP contribution < -0.4 is 10.6 Å². The highest BCUT2D eigenvalue weighted by atomic mass is 32.1. The van der Waals surface area contributed by atoms with E-state index in [1.54, 1.807) is 56.3 Å². The van der Waals surface area contributed by atoms with Crippen molar-refractivity contribution >= 4 is 43.7 Å². The summed E-state index contributed by atoms with van der Waals surface area (Å²) in [5.74, 6) is -5.33. The summed E-state index contributed by atoms with van der Waals surface area (Å²) in [4.78, 5) is 50.3. The topological polar surface area (TPSA) is 189 Å². The lowest BCUT2D eigenvalue weighted by atomic mass is 9.85. The number of ether oxygens (including phenoxy) is 2. The van der Waals surface area contributed by atoms with E-state index in [2.05, 4.69) is 10.6 Å². The maximum atomic E-state index is 13.7. The van der Waals surface area contributed by atoms with Crippen molar-refractivity contribution in [3.05, 3.63) is 82.6 Å². The van der Waals surface area contributed by atoms with Gasteiger partial charge in [0.05, 0.1) is 24.5 Å². The van der Waals surface area contributed by atoms with Gasteiger partial charge >= 0.3 is 18.0 Å². The standard InChI is InChI=1S/C31H35N2O10PS/c1-18(2)29(38)42-19(3)43-30(39)33-26(22-7-5-4-6-8-22)31(40,44-41)24(27(35)32-25(16-34)28(36)37)15-20-9-11-21(12-10-20)23-13-14-45-17-23/h4-14,17-19,24-26,34,40H,15-16H2,1-3H3,(H,32,35)(H,33,39)(H,36,37). The van der Waals surface area contributed by atoms with E-state index in [0.717, 1.165) is 11.1 Å². The first-order valence-corrected chi connectivity index (χ1v) is 15.7. The average Bonchev–Trinajstić information content (AvgIpc) is 3.56. The van der Waals surface area contributed by atoms with Crippen LogP contribution in [-0.4, -0.2) is 63.5 Å². The van der Waals surface area contributed by atoms with Crippen molar-refractivity contribution in [3.8, 4) is 11.1 Å². The van der Waals surface area contributed by atoms with Crippen LogP contribution in [0, 0.1) is 11.8 Å². The molecule has 3 rings (SSSR count). The smallest absolute Gasteiger partial charge is 0.410 e. The number of carbonyl (C=O) groups excluding carboxylic acids is 3. The number of rotatable bonds is 15. The third kappa shape index (κ3) is 9.41. The molecule has 5 unspecified atom stereocenters. The van der Waals surface area contributed by atoms with E-state index in [1.165, 1.54) is 30.4 Å². The minimum atomic E-state index is -2.59. The Kier molecular flexibility index (Phi) is 12.7. The van der Waals surface area contributed by atoms with E-state index in [4.69, 9.17) is 9.47 Å². The van der Waals surface area contributed by atoms with E-state index in [0.29, 0.717) is 5.56 Å². The number of carboxylic acid groups (broad SMARTS) is 1. The van der Waals surface area contributed by atoms with Crippen LogP contribution in [0.2, 0.25) is 0 Å². The number of alkyl carbamates (subject to hydrolysis) is 1. The minimum absolute atomic E-state index is 0.231. The summed E-state index contributed by atoms with van der Waals surface area (Å²) in [5, 5.41) is 37.0. The highest BCUT2D eigenvalue weighted by Crippen LogP contribution is 2.43. The molecule has 1 heterocycles. The summed E-state index contributed by atoms with van der Waals surface area (Å²) in [7, 11) is -0.998. The van der Waals surface area contributed by atoms with Crippen LogP contribution in [0.15, 0.2) is 71.4 Å². The van der Waals surface area contributed by atoms with Gasteiger partial charge in [0.1, 0.15) is 6.04 Å². The maximum Gasteiger partial charge on any atom is 0.410 e. The number of hydrogen-bond donors (Lipinski definition) is 5. The lowest BCUT2D eigenvalue weighted by molar-refractivity contribution is -0.169. The number of thiophene rings is 1. The number of aliphatic hydroxyl groups is 2. The zero-order valence-electron chi connectivity index (χ0n) is 24.8. The molecular weight excluding hydrogens is 623 g/mol. The number of aliphatic hydroxyl groups excluding tert-OH is 1. The van der Waals surface area contributed by atoms with E-state index < -0.39 is 74.6 Å². The van der Waals surface area contributed by atoms with Crippen molar-refractivity contribution in [3.63, 3.8) is 0 Å². The summed E-state index contributed by atoms with van der Waals surface area (Å²) in [5.41, 5.74) is 2.62. The third-order valence-corrected chi connectivity index (χ3v) is 8.41. The van der Waals surface area contributed by atoms with Crippen LogP contribution in [-0.2, 0) is 34.8 Å². The lowest BCUT2D eigenvalue weighted by Crippen LogP contribution is -2.55. The van der Waals surface area contributed by atoms with E-state index in [9.17, 15) is 39.1 Å². The van der Waals surface area contributed by atoms with Gasteiger partial charge in [-0.25, -0.2) is 9.59 Å². The van der Waals surface area contributed by atoms with Gasteiger partial charge in [0.15, 0.2) is 13.8 Å². The molecule has 5 N–H and O–H groups in total. The second kappa shape index (κ2) is 16.2. The molecule has 0 saturated heterocycles. The molecular formula is C31H35N2O10PS. The van der Waals surface area contributed by atoms with Crippen LogP contribution >= 0.6 is 19.8 Å². The highest BCUT2D eigenvalue weighted by Gasteiger charge is 2.51. The first kappa shape index (κ1) is 35.3. The van der Waals surface area contributed by atoms with Crippen molar-refractivity contribution in [1.29, 1.82) is 0 Å². The molecule has 0 bridgehead atoms. The van der Waals surface area contributed by atoms with Gasteiger partial charge < -0.3 is 35.4 Å². The van der Waals surface area contributed by atoms with E-state index in [-0.39, 0.29) is 12.0 Å². The highest BCUT2D eigenvalue weighted by molar-refractivity contribution is 7.25. The first-order valence-electron chi connectivity index (χ1n) is 13.9. The van der Waals surface area contributed by atoms with E-state index in [1.807, 2.05) is 16.8 Å². The molecule has 2 amide bonds. The first-order chi connectivity index (χ1) is 21.4. The molecule has 2 aromatic carbocycles. The van der Waals surface area contributed by atoms with Crippen LogP contribution in [0.5, 0.6) is 0 Å². The maximum absolute atomic E-state index is 13.7. The fraction of sp³-hybridized carbons (Fsp3) is 0.355. The van der Waals surface area contributed by atoms with Gasteiger partial charge in [0.25, 0.3) is 0 Å². The van der Waals surface area contributed by atoms with Crippen LogP contribution in [0.4, 0.5) is 4.79 Å². The lowest BCUT2D eigenvalue weighted by Gasteiger charge is -2.37. The number of amides is 2. The predicted molar refractivity (Wildman–Crippen MR) is 165 cm³/mol. The third-order valence-electron chi connectivity index (χ3n) is 6.87. The van der Waals surface area contributed by atoms with Gasteiger partial charge in [-0.05, 0) is 45.5 Å². The molecule has 12 nitrogen and oxygen atoms in total. The molecule has 0 saturated carbocycles. The molecule has 0 radical (unpaired) electrons. The molecule has 0 fully saturated rings. The average molecular weight is 659 g/mol. The second-order valence-corrected chi connectivity index (χ2v) is 12.2. The van der Waals surface area contributed by atoms with Gasteiger partial charge in [-0.2, -0.15) is 11.3 Å². The zero-order chi connectivity index (χ0) is 33.1. The fourth-order valence-electron chi connectivity index (χ4n) is 4.42. The molecule has 1 aromatic heterocycles. The number of esters is 1. The molecule has 0 aliphatic rings. The second-order valence-electron chi connectivity index (χ2n) is 10.5. The van der Waals surface area contributed by atoms with Gasteiger partial charge in [-0.15, -0.1) is 0 Å². The number of benzene rings is 2. The monoisotopic (exact) mass is 658 g/mol. The Morgan fingerprint density at radius 3 is 2.13 bits per heavy atom. The van der Waals surface area contributed by atoms with Gasteiger partial charge in [-0.1, -0.05) is 68.4 Å². The number of aliphatic carboxylic acids is 1. The molecule has 0 aliphatic carbocycles. The number of carbonyl (C=O) groups is 4. The summed E-state index contributed by atoms with van der Waals surface area (Å²) in [6, 6.07) is 13.6. The Hall–Kier alpha value is -4.16. The summed E-state index contributed by atoms with van der Waals surface area (Å²) < 4.78 is 23.2. The number of carboxylic acids is 1. The molecule has 45 heavy (non-hydrogen) atoms. The summed E-state index contributed by atoms with van der Waals surface area (Å²) >= 11 is 1.52. The minimum Gasteiger partial charge on any atom is -0.480 e. The molecule has 0 spiro atoms. The Morgan fingerprint density at radius 1 is 0.933 bits per heavy atom. The molecule has 14 heteroatoms. The fourth-order valence-corrected chi connectivity index (χ4v) is 5.74. The van der Waals surface area contributed by atoms with E-state index >= 15 is 0 Å². The Bertz CT molecular complexity index is 1450. The quantitative estimate of drug-likeness (QED) is 0.0902. The molecule has 0 aliphatic heterocycles. The molecule has 3 aromatic rings. The number of hydrogen-bond acceptors (Lipinski definition) is 10. The largest absolute Gasteiger partial charge is 0.480 e. The summed E-state index contributed by atoms with van der Waals surface area (Å²) in [6.07, 6.45) is -2.73. The zero-order valence-corrected chi connectivity index (χ0v) is 26.5. The Balaban J connectivity index is 2.02. The van der Waals surface area contributed by atoms with Crippen molar-refractivity contribution in [1.82, 2.24) is 10.6 Å². The number of nitrogens with one attached hydrogen (secondary N) is 2. The van der Waals surface area contributed by atoms with Gasteiger partial charge in [0, 0.05) is 6.92 Å². The molecule has 240 valence electrons. The van der Waals surface area contributed by atoms with Crippen molar-refractivity contribution < 1.29 is 48.5 Å². The van der Waals surface area contributed by atoms with Crippen LogP contribution in [0.3, 0.4) is 0 Å².